The van der Waals surface area contributed by atoms with Gasteiger partial charge in [-0.05, 0) is 24.3 Å². The van der Waals surface area contributed by atoms with Crippen LogP contribution < -0.4 is 5.32 Å². The van der Waals surface area contributed by atoms with Gasteiger partial charge in [-0.3, -0.25) is 4.98 Å². The molecular formula is C22H15FN4O. The van der Waals surface area contributed by atoms with Gasteiger partial charge in [0.25, 0.3) is 0 Å². The van der Waals surface area contributed by atoms with Crippen LogP contribution in [0.1, 0.15) is 22.7 Å². The third kappa shape index (κ3) is 3.10. The Morgan fingerprint density at radius 3 is 2.57 bits per heavy atom. The van der Waals surface area contributed by atoms with Gasteiger partial charge in [0.15, 0.2) is 0 Å². The number of fused-ring (bicyclic) bond motifs is 1. The van der Waals surface area contributed by atoms with Gasteiger partial charge in [-0.1, -0.05) is 36.4 Å². The molecule has 0 bridgehead atoms. The summed E-state index contributed by atoms with van der Waals surface area (Å²) in [5.41, 5.74) is 1.02. The van der Waals surface area contributed by atoms with Crippen LogP contribution in [0, 0.1) is 17.1 Å². The Kier molecular flexibility index (Phi) is 4.56. The van der Waals surface area contributed by atoms with E-state index in [9.17, 15) is 14.8 Å². The number of phenolic OH excluding ortho intramolecular Hbond substituents is 1. The lowest BCUT2D eigenvalue weighted by molar-refractivity contribution is 0.470. The van der Waals surface area contributed by atoms with Crippen LogP contribution in [0.5, 0.6) is 5.75 Å². The highest BCUT2D eigenvalue weighted by atomic mass is 19.1. The van der Waals surface area contributed by atoms with Crippen LogP contribution in [0.15, 0.2) is 73.1 Å². The highest BCUT2D eigenvalue weighted by molar-refractivity contribution is 5.86. The van der Waals surface area contributed by atoms with E-state index < -0.39 is 11.9 Å². The molecule has 2 heterocycles. The number of nitrogens with one attached hydrogen (secondary N) is 1. The van der Waals surface area contributed by atoms with Crippen molar-refractivity contribution >= 4 is 16.7 Å². The zero-order valence-electron chi connectivity index (χ0n) is 14.7. The first kappa shape index (κ1) is 17.4. The minimum Gasteiger partial charge on any atom is -0.505 e. The van der Waals surface area contributed by atoms with Crippen molar-refractivity contribution in [2.24, 2.45) is 0 Å². The largest absolute Gasteiger partial charge is 0.505 e. The highest BCUT2D eigenvalue weighted by Crippen LogP contribution is 2.37. The van der Waals surface area contributed by atoms with Crippen LogP contribution in [-0.2, 0) is 0 Å². The van der Waals surface area contributed by atoms with E-state index in [2.05, 4.69) is 15.3 Å². The van der Waals surface area contributed by atoms with Crippen LogP contribution in [0.25, 0.3) is 10.9 Å². The maximum Gasteiger partial charge on any atom is 0.147 e. The van der Waals surface area contributed by atoms with E-state index in [4.69, 9.17) is 0 Å². The smallest absolute Gasteiger partial charge is 0.147 e. The second-order valence-corrected chi connectivity index (χ2v) is 6.19. The SMILES string of the molecule is N#Cc1cccc(C(Nc2ccccn2)c2ccc3cccnc3c2O)c1F. The zero-order chi connectivity index (χ0) is 19.5. The Hall–Kier alpha value is -3.98. The number of aromatic nitrogens is 2. The minimum absolute atomic E-state index is 0.0479. The minimum atomic E-state index is -0.769. The molecule has 5 nitrogen and oxygen atoms in total. The molecule has 0 amide bonds. The summed E-state index contributed by atoms with van der Waals surface area (Å²) in [5, 5.41) is 24.0. The van der Waals surface area contributed by atoms with Gasteiger partial charge in [-0.2, -0.15) is 5.26 Å². The zero-order valence-corrected chi connectivity index (χ0v) is 14.7. The van der Waals surface area contributed by atoms with Crippen LogP contribution in [0.3, 0.4) is 0 Å². The van der Waals surface area contributed by atoms with Crippen molar-refractivity contribution in [1.29, 1.82) is 5.26 Å². The molecule has 4 aromatic rings. The van der Waals surface area contributed by atoms with E-state index in [-0.39, 0.29) is 16.9 Å². The number of phenols is 1. The van der Waals surface area contributed by atoms with Crippen molar-refractivity contribution < 1.29 is 9.50 Å². The van der Waals surface area contributed by atoms with Crippen molar-refractivity contribution in [3.63, 3.8) is 0 Å². The van der Waals surface area contributed by atoms with Crippen LogP contribution in [-0.4, -0.2) is 15.1 Å². The number of rotatable bonds is 4. The summed E-state index contributed by atoms with van der Waals surface area (Å²) < 4.78 is 15.0. The summed E-state index contributed by atoms with van der Waals surface area (Å²) >= 11 is 0. The Bertz CT molecular complexity index is 1190. The summed E-state index contributed by atoms with van der Waals surface area (Å²) in [6.45, 7) is 0. The second kappa shape index (κ2) is 7.33. The maximum atomic E-state index is 15.0. The molecule has 0 spiro atoms. The maximum absolute atomic E-state index is 15.0. The summed E-state index contributed by atoms with van der Waals surface area (Å²) in [6, 6.07) is 18.2. The number of halogens is 1. The first-order chi connectivity index (χ1) is 13.7. The van der Waals surface area contributed by atoms with E-state index in [1.165, 1.54) is 6.07 Å². The van der Waals surface area contributed by atoms with Crippen molar-refractivity contribution in [2.45, 2.75) is 6.04 Å². The summed E-state index contributed by atoms with van der Waals surface area (Å²) in [7, 11) is 0. The van der Waals surface area contributed by atoms with Gasteiger partial charge in [0.1, 0.15) is 29.0 Å². The first-order valence-corrected chi connectivity index (χ1v) is 8.61. The molecule has 1 unspecified atom stereocenters. The number of hydrogen-bond acceptors (Lipinski definition) is 5. The molecule has 2 aromatic heterocycles. The number of pyridine rings is 2. The van der Waals surface area contributed by atoms with Crippen molar-refractivity contribution in [2.75, 3.05) is 5.32 Å². The van der Waals surface area contributed by atoms with Crippen molar-refractivity contribution in [3.8, 4) is 11.8 Å². The Morgan fingerprint density at radius 2 is 1.79 bits per heavy atom. The molecule has 0 aliphatic rings. The molecule has 6 heteroatoms. The molecule has 0 saturated carbocycles. The molecule has 1 atom stereocenters. The van der Waals surface area contributed by atoms with Gasteiger partial charge >= 0.3 is 0 Å². The molecule has 136 valence electrons. The van der Waals surface area contributed by atoms with E-state index >= 15 is 0 Å². The van der Waals surface area contributed by atoms with Gasteiger partial charge in [0.2, 0.25) is 0 Å². The molecule has 0 saturated heterocycles. The van der Waals surface area contributed by atoms with Gasteiger partial charge in [-0.25, -0.2) is 9.37 Å². The number of benzene rings is 2. The molecule has 28 heavy (non-hydrogen) atoms. The fourth-order valence-electron chi connectivity index (χ4n) is 3.16. The third-order valence-corrected chi connectivity index (χ3v) is 4.51. The number of nitriles is 1. The van der Waals surface area contributed by atoms with Crippen molar-refractivity contribution in [1.82, 2.24) is 9.97 Å². The molecular weight excluding hydrogens is 355 g/mol. The van der Waals surface area contributed by atoms with Crippen LogP contribution in [0.4, 0.5) is 10.2 Å². The lowest BCUT2D eigenvalue weighted by atomic mass is 9.94. The predicted molar refractivity (Wildman–Crippen MR) is 104 cm³/mol. The fraction of sp³-hybridized carbons (Fsp3) is 0.0455. The third-order valence-electron chi connectivity index (χ3n) is 4.51. The van der Waals surface area contributed by atoms with Crippen LogP contribution >= 0.6 is 0 Å². The average Bonchev–Trinajstić information content (AvgIpc) is 2.74. The lowest BCUT2D eigenvalue weighted by Crippen LogP contribution is -2.15. The fourth-order valence-corrected chi connectivity index (χ4v) is 3.16. The monoisotopic (exact) mass is 370 g/mol. The topological polar surface area (TPSA) is 81.8 Å². The number of anilines is 1. The predicted octanol–water partition coefficient (Wildman–Crippen LogP) is 4.55. The normalized spacial score (nSPS) is 11.7. The molecule has 0 aliphatic carbocycles. The molecule has 4 rings (SSSR count). The number of aromatic hydroxyl groups is 1. The van der Waals surface area contributed by atoms with Gasteiger partial charge in [-0.15, -0.1) is 0 Å². The number of hydrogen-bond donors (Lipinski definition) is 2. The summed E-state index contributed by atoms with van der Waals surface area (Å²) in [6.07, 6.45) is 3.20. The lowest BCUT2D eigenvalue weighted by Gasteiger charge is -2.22. The molecule has 2 aromatic carbocycles. The average molecular weight is 370 g/mol. The van der Waals surface area contributed by atoms with E-state index in [1.54, 1.807) is 54.9 Å². The molecule has 0 aliphatic heterocycles. The Labute approximate surface area is 160 Å². The van der Waals surface area contributed by atoms with Crippen molar-refractivity contribution in [3.05, 3.63) is 95.6 Å². The quantitative estimate of drug-likeness (QED) is 0.551. The molecule has 2 N–H and O–H groups in total. The molecule has 0 fully saturated rings. The molecule has 0 radical (unpaired) electrons. The van der Waals surface area contributed by atoms with E-state index in [0.29, 0.717) is 16.9 Å². The Morgan fingerprint density at radius 1 is 0.929 bits per heavy atom. The van der Waals surface area contributed by atoms with Gasteiger partial charge < -0.3 is 10.4 Å². The van der Waals surface area contributed by atoms with Gasteiger partial charge in [0, 0.05) is 28.9 Å². The van der Waals surface area contributed by atoms with E-state index in [1.807, 2.05) is 18.2 Å². The first-order valence-electron chi connectivity index (χ1n) is 8.61. The van der Waals surface area contributed by atoms with Crippen LogP contribution in [0.2, 0.25) is 0 Å². The van der Waals surface area contributed by atoms with Gasteiger partial charge in [0.05, 0.1) is 11.6 Å². The Balaban J connectivity index is 1.92. The second-order valence-electron chi connectivity index (χ2n) is 6.19. The summed E-state index contributed by atoms with van der Waals surface area (Å²) in [5.74, 6) is -0.179. The summed E-state index contributed by atoms with van der Waals surface area (Å²) in [4.78, 5) is 8.48. The standard InChI is InChI=1S/C22H15FN4O/c23-19-15(13-24)5-3-7-16(19)21(27-18-8-1-2-11-25-18)17-10-9-14-6-4-12-26-20(14)22(17)28/h1-12,21,28H,(H,25,27). The van der Waals surface area contributed by atoms with E-state index in [0.717, 1.165) is 5.39 Å². The highest BCUT2D eigenvalue weighted by Gasteiger charge is 2.24. The number of nitrogens with zero attached hydrogens (tertiary/aromatic N) is 3.